The Balaban J connectivity index is 0.00000218. The topological polar surface area (TPSA) is 27.1 Å². The van der Waals surface area contributed by atoms with E-state index < -0.39 is 0 Å². The monoisotopic (exact) mass is 462 g/mol. The summed E-state index contributed by atoms with van der Waals surface area (Å²) in [6, 6.07) is 12.2. The minimum atomic E-state index is -0.0395. The van der Waals surface area contributed by atoms with Crippen molar-refractivity contribution in [3.05, 3.63) is 87.4 Å². The Bertz CT molecular complexity index is 988. The quantitative estimate of drug-likeness (QED) is 0.407. The van der Waals surface area contributed by atoms with Crippen LogP contribution in [0.15, 0.2) is 55.1 Å². The lowest BCUT2D eigenvalue weighted by Crippen LogP contribution is -2.30. The summed E-state index contributed by atoms with van der Waals surface area (Å²) in [4.78, 5) is 4.27. The first-order chi connectivity index (χ1) is 14.2. The highest BCUT2D eigenvalue weighted by molar-refractivity contribution is 6.31. The predicted octanol–water partition coefficient (Wildman–Crippen LogP) is 7.01. The summed E-state index contributed by atoms with van der Waals surface area (Å²) >= 11 is 12.5. The third kappa shape index (κ3) is 4.27. The van der Waals surface area contributed by atoms with E-state index in [-0.39, 0.29) is 18.6 Å². The molecule has 0 bridgehead atoms. The van der Waals surface area contributed by atoms with Crippen molar-refractivity contribution >= 4 is 35.6 Å². The van der Waals surface area contributed by atoms with Gasteiger partial charge in [-0.2, -0.15) is 0 Å². The van der Waals surface area contributed by atoms with E-state index in [4.69, 9.17) is 27.9 Å². The van der Waals surface area contributed by atoms with Crippen LogP contribution in [0.5, 0.6) is 0 Å². The van der Waals surface area contributed by atoms with Crippen LogP contribution in [-0.2, 0) is 24.2 Å². The van der Waals surface area contributed by atoms with Gasteiger partial charge in [-0.15, -0.1) is 12.4 Å². The number of benzene rings is 2. The van der Waals surface area contributed by atoms with Gasteiger partial charge in [-0.25, -0.2) is 4.98 Å². The second-order valence-corrected chi connectivity index (χ2v) is 9.07. The molecule has 158 valence electrons. The smallest absolute Gasteiger partial charge is 0.138 e. The number of halogens is 3. The first-order valence-electron chi connectivity index (χ1n) is 10.3. The summed E-state index contributed by atoms with van der Waals surface area (Å²) in [5, 5.41) is 1.69. The van der Waals surface area contributed by atoms with Crippen molar-refractivity contribution in [3.8, 4) is 0 Å². The lowest BCUT2D eigenvalue weighted by molar-refractivity contribution is -0.0566. The van der Waals surface area contributed by atoms with E-state index in [1.165, 1.54) is 29.5 Å². The third-order valence-corrected chi connectivity index (χ3v) is 7.01. The van der Waals surface area contributed by atoms with Gasteiger partial charge in [-0.05, 0) is 78.5 Å². The molecule has 2 aromatic carbocycles. The fraction of sp³-hybridized carbons (Fsp3) is 0.375. The summed E-state index contributed by atoms with van der Waals surface area (Å²) in [7, 11) is 0. The molecule has 3 nitrogen and oxygen atoms in total. The Morgan fingerprint density at radius 2 is 1.97 bits per heavy atom. The van der Waals surface area contributed by atoms with E-state index in [9.17, 15) is 0 Å². The molecular formula is C24H25Cl3N2O. The molecule has 0 fully saturated rings. The maximum atomic E-state index is 6.52. The van der Waals surface area contributed by atoms with Crippen molar-refractivity contribution in [2.75, 3.05) is 0 Å². The van der Waals surface area contributed by atoms with Gasteiger partial charge in [0, 0.05) is 28.4 Å². The standard InChI is InChI=1S/C24H24Cl2N2O.ClH/c25-20-7-4-16(5-8-20)14-29-24(28-11-10-27-15-28)19-12-17-2-1-3-21-22(26)9-6-18(13-19)23(17)21;/h4-11,15,17,19,24H,1-3,12-14H2;1H/t17-,19-,24-;/m1./s1. The van der Waals surface area contributed by atoms with Crippen molar-refractivity contribution in [2.24, 2.45) is 5.92 Å². The van der Waals surface area contributed by atoms with Crippen LogP contribution in [0.2, 0.25) is 10.0 Å². The molecule has 1 heterocycles. The van der Waals surface area contributed by atoms with Gasteiger partial charge >= 0.3 is 0 Å². The van der Waals surface area contributed by atoms with Gasteiger partial charge in [0.1, 0.15) is 6.23 Å². The average molecular weight is 464 g/mol. The Morgan fingerprint density at radius 3 is 2.73 bits per heavy atom. The number of nitrogens with zero attached hydrogens (tertiary/aromatic N) is 2. The summed E-state index contributed by atoms with van der Waals surface area (Å²) in [6.45, 7) is 0.555. The first-order valence-corrected chi connectivity index (χ1v) is 11.1. The average Bonchev–Trinajstić information content (AvgIpc) is 3.27. The molecule has 2 aliphatic carbocycles. The van der Waals surface area contributed by atoms with Crippen molar-refractivity contribution in [1.82, 2.24) is 9.55 Å². The first kappa shape index (κ1) is 21.7. The van der Waals surface area contributed by atoms with Gasteiger partial charge in [0.05, 0.1) is 12.9 Å². The molecule has 6 heteroatoms. The second-order valence-electron chi connectivity index (χ2n) is 8.23. The summed E-state index contributed by atoms with van der Waals surface area (Å²) in [6.07, 6.45) is 11.4. The van der Waals surface area contributed by atoms with Crippen LogP contribution in [0, 0.1) is 5.92 Å². The van der Waals surface area contributed by atoms with Crippen LogP contribution in [0.25, 0.3) is 0 Å². The highest BCUT2D eigenvalue weighted by atomic mass is 35.5. The summed E-state index contributed by atoms with van der Waals surface area (Å²) < 4.78 is 8.60. The molecule has 0 amide bonds. The van der Waals surface area contributed by atoms with E-state index >= 15 is 0 Å². The maximum absolute atomic E-state index is 6.52. The predicted molar refractivity (Wildman–Crippen MR) is 124 cm³/mol. The molecule has 30 heavy (non-hydrogen) atoms. The van der Waals surface area contributed by atoms with E-state index in [1.54, 1.807) is 0 Å². The number of rotatable bonds is 5. The van der Waals surface area contributed by atoms with Gasteiger partial charge in [0.15, 0.2) is 0 Å². The molecule has 0 N–H and O–H groups in total. The van der Waals surface area contributed by atoms with Crippen molar-refractivity contribution in [3.63, 3.8) is 0 Å². The van der Waals surface area contributed by atoms with E-state index in [1.807, 2.05) is 43.0 Å². The fourth-order valence-corrected chi connectivity index (χ4v) is 5.51. The summed E-state index contributed by atoms with van der Waals surface area (Å²) in [5.74, 6) is 0.984. The van der Waals surface area contributed by atoms with Gasteiger partial charge in [0.25, 0.3) is 0 Å². The molecule has 2 aliphatic rings. The Hall–Kier alpha value is -1.52. The molecule has 0 aliphatic heterocycles. The molecular weight excluding hydrogens is 439 g/mol. The maximum Gasteiger partial charge on any atom is 0.138 e. The van der Waals surface area contributed by atoms with E-state index in [0.717, 1.165) is 34.9 Å². The zero-order chi connectivity index (χ0) is 19.8. The molecule has 3 aromatic rings. The zero-order valence-corrected chi connectivity index (χ0v) is 19.0. The van der Waals surface area contributed by atoms with Gasteiger partial charge in [0.2, 0.25) is 0 Å². The van der Waals surface area contributed by atoms with Gasteiger partial charge in [-0.1, -0.05) is 41.4 Å². The van der Waals surface area contributed by atoms with E-state index in [2.05, 4.69) is 21.7 Å². The summed E-state index contributed by atoms with van der Waals surface area (Å²) in [5.41, 5.74) is 5.50. The molecule has 3 atom stereocenters. The van der Waals surface area contributed by atoms with Crippen LogP contribution in [0.3, 0.4) is 0 Å². The molecule has 5 rings (SSSR count). The van der Waals surface area contributed by atoms with Crippen LogP contribution >= 0.6 is 35.6 Å². The lowest BCUT2D eigenvalue weighted by atomic mass is 9.69. The van der Waals surface area contributed by atoms with Crippen LogP contribution < -0.4 is 0 Å². The van der Waals surface area contributed by atoms with Crippen molar-refractivity contribution < 1.29 is 4.74 Å². The fourth-order valence-electron chi connectivity index (χ4n) is 5.13. The number of hydrogen-bond donors (Lipinski definition) is 0. The molecule has 0 saturated carbocycles. The highest BCUT2D eigenvalue weighted by Gasteiger charge is 2.36. The minimum Gasteiger partial charge on any atom is -0.353 e. The Kier molecular flexibility index (Phi) is 6.74. The number of imidazole rings is 1. The molecule has 0 radical (unpaired) electrons. The Morgan fingerprint density at radius 1 is 1.13 bits per heavy atom. The zero-order valence-electron chi connectivity index (χ0n) is 16.6. The lowest BCUT2D eigenvalue weighted by Gasteiger charge is -2.39. The number of ether oxygens (including phenoxy) is 1. The van der Waals surface area contributed by atoms with E-state index in [0.29, 0.717) is 18.4 Å². The van der Waals surface area contributed by atoms with Gasteiger partial charge < -0.3 is 9.30 Å². The van der Waals surface area contributed by atoms with Gasteiger partial charge in [-0.3, -0.25) is 0 Å². The Labute approximate surface area is 193 Å². The minimum absolute atomic E-state index is 0. The van der Waals surface area contributed by atoms with Crippen LogP contribution in [0.4, 0.5) is 0 Å². The van der Waals surface area contributed by atoms with Crippen molar-refractivity contribution in [1.29, 1.82) is 0 Å². The molecule has 0 saturated heterocycles. The molecule has 0 spiro atoms. The second kappa shape index (κ2) is 9.32. The molecule has 0 unspecified atom stereocenters. The molecule has 1 aromatic heterocycles. The highest BCUT2D eigenvalue weighted by Crippen LogP contribution is 2.47. The van der Waals surface area contributed by atoms with Crippen LogP contribution in [-0.4, -0.2) is 9.55 Å². The normalized spacial score (nSPS) is 20.9. The third-order valence-electron chi connectivity index (χ3n) is 6.40. The number of hydrogen-bond acceptors (Lipinski definition) is 2. The number of aromatic nitrogens is 2. The largest absolute Gasteiger partial charge is 0.353 e. The van der Waals surface area contributed by atoms with Crippen LogP contribution in [0.1, 0.15) is 53.7 Å². The SMILES string of the molecule is Cl.Clc1ccc(CO[C@H]([C@H]2Cc3ccc(Cl)c4c3[C@H](CCC4)C2)n2ccnc2)cc1. The van der Waals surface area contributed by atoms with Crippen molar-refractivity contribution in [2.45, 2.75) is 50.9 Å².